The number of anilines is 2. The fourth-order valence-corrected chi connectivity index (χ4v) is 2.60. The van der Waals surface area contributed by atoms with Crippen molar-refractivity contribution in [2.75, 3.05) is 5.32 Å². The Bertz CT molecular complexity index is 585. The minimum absolute atomic E-state index is 0.643. The third-order valence-corrected chi connectivity index (χ3v) is 3.72. The van der Waals surface area contributed by atoms with Gasteiger partial charge in [0, 0.05) is 22.4 Å². The molecular weight excluding hydrogens is 290 g/mol. The van der Waals surface area contributed by atoms with Gasteiger partial charge in [0.2, 0.25) is 5.95 Å². The molecule has 2 aromatic rings. The Labute approximate surface area is 115 Å². The van der Waals surface area contributed by atoms with Crippen LogP contribution in [0.5, 0.6) is 0 Å². The zero-order valence-electron chi connectivity index (χ0n) is 10.6. The second-order valence-electron chi connectivity index (χ2n) is 4.93. The first-order valence-electron chi connectivity index (χ1n) is 6.22. The lowest BCUT2D eigenvalue weighted by atomic mass is 10.2. The molecule has 0 radical (unpaired) electrons. The molecule has 1 N–H and O–H groups in total. The van der Waals surface area contributed by atoms with Crippen LogP contribution >= 0.6 is 15.9 Å². The molecule has 0 atom stereocenters. The van der Waals surface area contributed by atoms with Crippen LogP contribution in [0.3, 0.4) is 0 Å². The number of aryl methyl sites for hydroxylation is 2. The highest BCUT2D eigenvalue weighted by molar-refractivity contribution is 9.10. The quantitative estimate of drug-likeness (QED) is 0.914. The average Bonchev–Trinajstić information content (AvgIpc) is 3.08. The van der Waals surface area contributed by atoms with E-state index in [0.29, 0.717) is 6.04 Å². The second kappa shape index (κ2) is 4.43. The van der Waals surface area contributed by atoms with E-state index in [-0.39, 0.29) is 0 Å². The van der Waals surface area contributed by atoms with Crippen molar-refractivity contribution in [3.8, 4) is 0 Å². The Kier molecular flexibility index (Phi) is 2.90. The van der Waals surface area contributed by atoms with Crippen LogP contribution in [0.1, 0.15) is 30.1 Å². The fourth-order valence-electron chi connectivity index (χ4n) is 2.13. The maximum Gasteiger partial charge on any atom is 0.207 e. The van der Waals surface area contributed by atoms with Crippen molar-refractivity contribution < 1.29 is 0 Å². The van der Waals surface area contributed by atoms with E-state index < -0.39 is 0 Å². The SMILES string of the molecule is Cc1cn(C2CC2)c(Nc2ccc(Br)cc2C)n1. The van der Waals surface area contributed by atoms with Crippen LogP contribution in [0.4, 0.5) is 11.6 Å². The molecule has 0 bridgehead atoms. The van der Waals surface area contributed by atoms with E-state index in [4.69, 9.17) is 0 Å². The van der Waals surface area contributed by atoms with Gasteiger partial charge in [0.1, 0.15) is 0 Å². The predicted molar refractivity (Wildman–Crippen MR) is 77.4 cm³/mol. The van der Waals surface area contributed by atoms with Crippen LogP contribution in [0.25, 0.3) is 0 Å². The van der Waals surface area contributed by atoms with Gasteiger partial charge in [0.15, 0.2) is 0 Å². The van der Waals surface area contributed by atoms with Crippen molar-refractivity contribution in [2.24, 2.45) is 0 Å². The first-order valence-corrected chi connectivity index (χ1v) is 7.01. The molecule has 3 rings (SSSR count). The van der Waals surface area contributed by atoms with Crippen molar-refractivity contribution >= 4 is 27.6 Å². The van der Waals surface area contributed by atoms with Gasteiger partial charge >= 0.3 is 0 Å². The van der Waals surface area contributed by atoms with E-state index in [0.717, 1.165) is 21.8 Å². The number of nitrogens with one attached hydrogen (secondary N) is 1. The van der Waals surface area contributed by atoms with E-state index in [1.807, 2.05) is 13.0 Å². The molecule has 18 heavy (non-hydrogen) atoms. The van der Waals surface area contributed by atoms with Gasteiger partial charge in [-0.2, -0.15) is 0 Å². The number of aromatic nitrogens is 2. The van der Waals surface area contributed by atoms with Gasteiger partial charge in [-0.3, -0.25) is 0 Å². The number of hydrogen-bond donors (Lipinski definition) is 1. The molecule has 1 fully saturated rings. The highest BCUT2D eigenvalue weighted by atomic mass is 79.9. The van der Waals surface area contributed by atoms with E-state index in [9.17, 15) is 0 Å². The van der Waals surface area contributed by atoms with E-state index >= 15 is 0 Å². The minimum Gasteiger partial charge on any atom is -0.325 e. The van der Waals surface area contributed by atoms with Gasteiger partial charge in [0.05, 0.1) is 5.69 Å². The summed E-state index contributed by atoms with van der Waals surface area (Å²) in [5, 5.41) is 3.44. The predicted octanol–water partition coefficient (Wildman–Crippen LogP) is 4.34. The second-order valence-corrected chi connectivity index (χ2v) is 5.84. The summed E-state index contributed by atoms with van der Waals surface area (Å²) >= 11 is 3.48. The van der Waals surface area contributed by atoms with Gasteiger partial charge in [-0.25, -0.2) is 4.98 Å². The zero-order chi connectivity index (χ0) is 12.7. The van der Waals surface area contributed by atoms with Crippen molar-refractivity contribution in [3.05, 3.63) is 40.1 Å². The Hall–Kier alpha value is -1.29. The summed E-state index contributed by atoms with van der Waals surface area (Å²) < 4.78 is 3.36. The van der Waals surface area contributed by atoms with E-state index in [2.05, 4.69) is 56.1 Å². The summed E-state index contributed by atoms with van der Waals surface area (Å²) in [5.74, 6) is 0.959. The van der Waals surface area contributed by atoms with Gasteiger partial charge in [-0.15, -0.1) is 0 Å². The number of benzene rings is 1. The fraction of sp³-hybridized carbons (Fsp3) is 0.357. The lowest BCUT2D eigenvalue weighted by Crippen LogP contribution is -2.02. The Morgan fingerprint density at radius 1 is 1.33 bits per heavy atom. The van der Waals surface area contributed by atoms with Gasteiger partial charge in [-0.05, 0) is 50.5 Å². The third-order valence-electron chi connectivity index (χ3n) is 3.23. The lowest BCUT2D eigenvalue weighted by molar-refractivity contribution is 0.750. The minimum atomic E-state index is 0.643. The Morgan fingerprint density at radius 2 is 2.11 bits per heavy atom. The van der Waals surface area contributed by atoms with Crippen molar-refractivity contribution in [3.63, 3.8) is 0 Å². The van der Waals surface area contributed by atoms with Gasteiger partial charge in [0.25, 0.3) is 0 Å². The molecule has 0 saturated heterocycles. The van der Waals surface area contributed by atoms with Gasteiger partial charge in [-0.1, -0.05) is 15.9 Å². The summed E-state index contributed by atoms with van der Waals surface area (Å²) in [6.07, 6.45) is 4.67. The number of rotatable bonds is 3. The van der Waals surface area contributed by atoms with E-state index in [1.54, 1.807) is 0 Å². The normalized spacial score (nSPS) is 14.8. The molecule has 1 heterocycles. The molecule has 4 heteroatoms. The van der Waals surface area contributed by atoms with E-state index in [1.165, 1.54) is 18.4 Å². The number of hydrogen-bond acceptors (Lipinski definition) is 2. The number of nitrogens with zero attached hydrogens (tertiary/aromatic N) is 2. The Morgan fingerprint density at radius 3 is 2.78 bits per heavy atom. The lowest BCUT2D eigenvalue weighted by Gasteiger charge is -2.11. The molecule has 94 valence electrons. The molecule has 1 saturated carbocycles. The van der Waals surface area contributed by atoms with Crippen molar-refractivity contribution in [2.45, 2.75) is 32.7 Å². The largest absolute Gasteiger partial charge is 0.325 e. The molecule has 3 nitrogen and oxygen atoms in total. The van der Waals surface area contributed by atoms with Crippen LogP contribution in [0.2, 0.25) is 0 Å². The van der Waals surface area contributed by atoms with Crippen LogP contribution < -0.4 is 5.32 Å². The number of imidazole rings is 1. The smallest absolute Gasteiger partial charge is 0.207 e. The highest BCUT2D eigenvalue weighted by Gasteiger charge is 2.26. The third kappa shape index (κ3) is 2.29. The zero-order valence-corrected chi connectivity index (χ0v) is 12.2. The first kappa shape index (κ1) is 11.8. The summed E-state index contributed by atoms with van der Waals surface area (Å²) in [5.41, 5.74) is 3.40. The van der Waals surface area contributed by atoms with Crippen LogP contribution in [0, 0.1) is 13.8 Å². The molecule has 0 amide bonds. The number of halogens is 1. The molecule has 1 aromatic heterocycles. The van der Waals surface area contributed by atoms with Crippen LogP contribution in [-0.2, 0) is 0 Å². The summed E-state index contributed by atoms with van der Waals surface area (Å²) in [6, 6.07) is 6.89. The maximum atomic E-state index is 4.57. The van der Waals surface area contributed by atoms with Crippen LogP contribution in [0.15, 0.2) is 28.9 Å². The molecule has 1 aromatic carbocycles. The van der Waals surface area contributed by atoms with Gasteiger partial charge < -0.3 is 9.88 Å². The molecular formula is C14H16BrN3. The van der Waals surface area contributed by atoms with Crippen LogP contribution in [-0.4, -0.2) is 9.55 Å². The average molecular weight is 306 g/mol. The molecule has 1 aliphatic carbocycles. The monoisotopic (exact) mass is 305 g/mol. The van der Waals surface area contributed by atoms with Crippen molar-refractivity contribution in [1.29, 1.82) is 0 Å². The van der Waals surface area contributed by atoms with Crippen molar-refractivity contribution in [1.82, 2.24) is 9.55 Å². The maximum absolute atomic E-state index is 4.57. The summed E-state index contributed by atoms with van der Waals surface area (Å²) in [7, 11) is 0. The standard InChI is InChI=1S/C14H16BrN3/c1-9-7-11(15)3-6-13(9)17-14-16-10(2)8-18(14)12-4-5-12/h3,6-8,12H,4-5H2,1-2H3,(H,16,17). The molecule has 1 aliphatic rings. The Balaban J connectivity index is 1.91. The topological polar surface area (TPSA) is 29.9 Å². The molecule has 0 spiro atoms. The summed E-state index contributed by atoms with van der Waals surface area (Å²) in [6.45, 7) is 4.14. The highest BCUT2D eigenvalue weighted by Crippen LogP contribution is 2.38. The first-order chi connectivity index (χ1) is 8.63. The molecule has 0 unspecified atom stereocenters. The summed E-state index contributed by atoms with van der Waals surface area (Å²) in [4.78, 5) is 4.57. The molecule has 0 aliphatic heterocycles.